The van der Waals surface area contributed by atoms with Gasteiger partial charge in [0.15, 0.2) is 0 Å². The van der Waals surface area contributed by atoms with Crippen molar-refractivity contribution in [3.63, 3.8) is 0 Å². The quantitative estimate of drug-likeness (QED) is 0.351. The van der Waals surface area contributed by atoms with Crippen LogP contribution in [0.2, 0.25) is 0 Å². The molecular weight excluding hydrogens is 350 g/mol. The number of rotatable bonds is 9. The van der Waals surface area contributed by atoms with Crippen molar-refractivity contribution in [2.75, 3.05) is 66.3 Å². The number of nitrogens with zero attached hydrogens (tertiary/aromatic N) is 1. The number of quaternary nitrogens is 1. The molecule has 150 valence electrons. The zero-order valence-electron chi connectivity index (χ0n) is 16.2. The molecule has 27 heavy (non-hydrogen) atoms. The number of nitrogens with one attached hydrogen (secondary N) is 2. The van der Waals surface area contributed by atoms with Crippen LogP contribution in [0.5, 0.6) is 5.75 Å². The van der Waals surface area contributed by atoms with Crippen molar-refractivity contribution in [1.29, 1.82) is 0 Å². The number of amidine groups is 1. The number of carbonyl (C=O) groups is 1. The topological polar surface area (TPSA) is 82.8 Å². The number of ether oxygens (including phenoxy) is 4. The molecule has 1 aliphatic heterocycles. The fourth-order valence-electron chi connectivity index (χ4n) is 2.60. The summed E-state index contributed by atoms with van der Waals surface area (Å²) in [6.45, 7) is 8.29. The summed E-state index contributed by atoms with van der Waals surface area (Å²) in [6, 6.07) is 7.10. The number of benzene rings is 1. The van der Waals surface area contributed by atoms with Crippen LogP contribution in [0.4, 0.5) is 0 Å². The average Bonchev–Trinajstić information content (AvgIpc) is 2.71. The summed E-state index contributed by atoms with van der Waals surface area (Å²) >= 11 is 0. The lowest BCUT2D eigenvalue weighted by Crippen LogP contribution is -3.14. The maximum absolute atomic E-state index is 12.4. The van der Waals surface area contributed by atoms with Gasteiger partial charge in [0.05, 0.1) is 40.0 Å². The van der Waals surface area contributed by atoms with Gasteiger partial charge in [-0.05, 0) is 31.2 Å². The van der Waals surface area contributed by atoms with E-state index >= 15 is 0 Å². The first-order valence-corrected chi connectivity index (χ1v) is 9.34. The van der Waals surface area contributed by atoms with Crippen LogP contribution in [0.25, 0.3) is 0 Å². The predicted octanol–water partition coefficient (Wildman–Crippen LogP) is -0.251. The molecular formula is C19H30N3O5+. The number of morpholine rings is 1. The maximum Gasteiger partial charge on any atom is 0.291 e. The summed E-state index contributed by atoms with van der Waals surface area (Å²) in [5.41, 5.74) is 0.510. The fraction of sp³-hybridized carbons (Fsp3) is 0.579. The minimum atomic E-state index is -0.272. The first-order valence-electron chi connectivity index (χ1n) is 9.34. The van der Waals surface area contributed by atoms with Crippen LogP contribution in [-0.2, 0) is 14.2 Å². The van der Waals surface area contributed by atoms with Crippen molar-refractivity contribution in [2.24, 2.45) is 4.99 Å². The van der Waals surface area contributed by atoms with Gasteiger partial charge in [-0.3, -0.25) is 10.1 Å². The van der Waals surface area contributed by atoms with Crippen LogP contribution in [0.15, 0.2) is 29.3 Å². The monoisotopic (exact) mass is 380 g/mol. The Morgan fingerprint density at radius 2 is 1.96 bits per heavy atom. The molecule has 1 saturated heterocycles. The largest absolute Gasteiger partial charge is 0.497 e. The second-order valence-electron chi connectivity index (χ2n) is 6.03. The van der Waals surface area contributed by atoms with Gasteiger partial charge in [0.1, 0.15) is 25.4 Å². The summed E-state index contributed by atoms with van der Waals surface area (Å²) in [5.74, 6) is 0.424. The normalized spacial score (nSPS) is 15.4. The lowest BCUT2D eigenvalue weighted by molar-refractivity contribution is -0.906. The van der Waals surface area contributed by atoms with Gasteiger partial charge in [0.2, 0.25) is 0 Å². The first kappa shape index (κ1) is 21.1. The van der Waals surface area contributed by atoms with E-state index in [4.69, 9.17) is 18.9 Å². The van der Waals surface area contributed by atoms with Crippen LogP contribution < -0.4 is 15.0 Å². The molecule has 0 unspecified atom stereocenters. The summed E-state index contributed by atoms with van der Waals surface area (Å²) in [6.07, 6.45) is 0. The Labute approximate surface area is 160 Å². The van der Waals surface area contributed by atoms with Gasteiger partial charge in [0.25, 0.3) is 11.9 Å². The fourth-order valence-corrected chi connectivity index (χ4v) is 2.60. The van der Waals surface area contributed by atoms with Crippen LogP contribution in [0, 0.1) is 0 Å². The molecule has 1 heterocycles. The SMILES string of the molecule is CCOCCOC(=NCC[NH+]1CCOCC1)NC(=O)c1ccc(OC)cc1. The molecule has 1 amide bonds. The zero-order chi connectivity index (χ0) is 19.3. The van der Waals surface area contributed by atoms with E-state index in [2.05, 4.69) is 10.3 Å². The van der Waals surface area contributed by atoms with Crippen LogP contribution in [0.1, 0.15) is 17.3 Å². The van der Waals surface area contributed by atoms with E-state index in [0.29, 0.717) is 37.7 Å². The van der Waals surface area contributed by atoms with Gasteiger partial charge < -0.3 is 23.8 Å². The molecule has 0 atom stereocenters. The lowest BCUT2D eigenvalue weighted by Gasteiger charge is -2.23. The minimum Gasteiger partial charge on any atom is -0.497 e. The van der Waals surface area contributed by atoms with Crippen molar-refractivity contribution in [3.8, 4) is 5.75 Å². The highest BCUT2D eigenvalue weighted by atomic mass is 16.5. The van der Waals surface area contributed by atoms with E-state index in [-0.39, 0.29) is 11.9 Å². The third-order valence-corrected chi connectivity index (χ3v) is 4.16. The minimum absolute atomic E-state index is 0.225. The van der Waals surface area contributed by atoms with Gasteiger partial charge in [0, 0.05) is 12.2 Å². The number of methoxy groups -OCH3 is 1. The summed E-state index contributed by atoms with van der Waals surface area (Å²) in [5, 5.41) is 2.74. The van der Waals surface area contributed by atoms with Crippen molar-refractivity contribution in [3.05, 3.63) is 29.8 Å². The second kappa shape index (κ2) is 12.3. The Morgan fingerprint density at radius 1 is 1.22 bits per heavy atom. The van der Waals surface area contributed by atoms with E-state index in [1.54, 1.807) is 31.4 Å². The summed E-state index contributed by atoms with van der Waals surface area (Å²) < 4.78 is 21.4. The highest BCUT2D eigenvalue weighted by Crippen LogP contribution is 2.11. The number of hydrogen-bond donors (Lipinski definition) is 2. The number of carbonyl (C=O) groups excluding carboxylic acids is 1. The highest BCUT2D eigenvalue weighted by molar-refractivity contribution is 6.04. The van der Waals surface area contributed by atoms with Crippen LogP contribution in [0.3, 0.4) is 0 Å². The van der Waals surface area contributed by atoms with Gasteiger partial charge in [-0.1, -0.05) is 0 Å². The van der Waals surface area contributed by atoms with E-state index < -0.39 is 0 Å². The Hall–Kier alpha value is -2.16. The Bertz CT molecular complexity index is 586. The van der Waals surface area contributed by atoms with Gasteiger partial charge in [-0.15, -0.1) is 0 Å². The molecule has 0 radical (unpaired) electrons. The van der Waals surface area contributed by atoms with Crippen LogP contribution >= 0.6 is 0 Å². The summed E-state index contributed by atoms with van der Waals surface area (Å²) in [4.78, 5) is 18.3. The van der Waals surface area contributed by atoms with E-state index in [1.165, 1.54) is 4.90 Å². The van der Waals surface area contributed by atoms with Gasteiger partial charge in [-0.2, -0.15) is 0 Å². The van der Waals surface area contributed by atoms with Crippen molar-refractivity contribution < 1.29 is 28.6 Å². The molecule has 8 heteroatoms. The molecule has 1 aromatic carbocycles. The molecule has 8 nitrogen and oxygen atoms in total. The third kappa shape index (κ3) is 7.94. The summed E-state index contributed by atoms with van der Waals surface area (Å²) in [7, 11) is 1.59. The molecule has 1 fully saturated rings. The smallest absolute Gasteiger partial charge is 0.291 e. The van der Waals surface area contributed by atoms with E-state index in [0.717, 1.165) is 32.8 Å². The molecule has 0 aliphatic carbocycles. The average molecular weight is 380 g/mol. The molecule has 2 N–H and O–H groups in total. The molecule has 0 spiro atoms. The Balaban J connectivity index is 1.90. The number of aliphatic imine (C=N–C) groups is 1. The van der Waals surface area contributed by atoms with Gasteiger partial charge >= 0.3 is 0 Å². The number of hydrogen-bond acceptors (Lipinski definition) is 6. The Morgan fingerprint density at radius 3 is 2.63 bits per heavy atom. The zero-order valence-corrected chi connectivity index (χ0v) is 16.2. The molecule has 1 aliphatic rings. The predicted molar refractivity (Wildman–Crippen MR) is 102 cm³/mol. The lowest BCUT2D eigenvalue weighted by atomic mass is 10.2. The first-order chi connectivity index (χ1) is 13.2. The van der Waals surface area contributed by atoms with Crippen LogP contribution in [-0.4, -0.2) is 78.3 Å². The highest BCUT2D eigenvalue weighted by Gasteiger charge is 2.14. The molecule has 0 bridgehead atoms. The van der Waals surface area contributed by atoms with Crippen molar-refractivity contribution in [2.45, 2.75) is 6.92 Å². The maximum atomic E-state index is 12.4. The van der Waals surface area contributed by atoms with Crippen molar-refractivity contribution >= 4 is 11.9 Å². The molecule has 2 rings (SSSR count). The molecule has 0 aromatic heterocycles. The number of amides is 1. The van der Waals surface area contributed by atoms with E-state index in [9.17, 15) is 4.79 Å². The van der Waals surface area contributed by atoms with Crippen molar-refractivity contribution in [1.82, 2.24) is 5.32 Å². The third-order valence-electron chi connectivity index (χ3n) is 4.16. The van der Waals surface area contributed by atoms with Gasteiger partial charge in [-0.25, -0.2) is 4.99 Å². The molecule has 1 aromatic rings. The second-order valence-corrected chi connectivity index (χ2v) is 6.03. The standard InChI is InChI=1S/C19H29N3O5/c1-3-25-14-15-27-19(20-8-9-22-10-12-26-13-11-22)21-18(23)16-4-6-17(24-2)7-5-16/h4-7H,3,8-15H2,1-2H3,(H,20,21,23)/p+1. The van der Waals surface area contributed by atoms with E-state index in [1.807, 2.05) is 6.92 Å². The molecule has 0 saturated carbocycles. The Kier molecular flexibility index (Phi) is 9.61.